The predicted molar refractivity (Wildman–Crippen MR) is 55.3 cm³/mol. The molecule has 0 bridgehead atoms. The molecule has 0 aliphatic heterocycles. The minimum atomic E-state index is -0.117. The van der Waals surface area contributed by atoms with Crippen molar-refractivity contribution in [3.05, 3.63) is 0 Å². The monoisotopic (exact) mass is 214 g/mol. The first-order valence-corrected chi connectivity index (χ1v) is 5.18. The molecule has 1 fully saturated rings. The lowest BCUT2D eigenvalue weighted by atomic mass is 10.4. The number of ether oxygens (including phenoxy) is 1. The second-order valence-electron chi connectivity index (χ2n) is 3.72. The molecule has 0 aromatic heterocycles. The standard InChI is InChI=1S/C10H18N2O3/c1-8(13)12(9-3-4-9)7-10(14)11-5-6-15-2/h9H,3-7H2,1-2H3,(H,11,14). The van der Waals surface area contributed by atoms with Crippen LogP contribution in [0.15, 0.2) is 0 Å². The summed E-state index contributed by atoms with van der Waals surface area (Å²) in [6, 6.07) is 0.288. The van der Waals surface area contributed by atoms with Gasteiger partial charge in [-0.1, -0.05) is 0 Å². The van der Waals surface area contributed by atoms with E-state index in [9.17, 15) is 9.59 Å². The van der Waals surface area contributed by atoms with Gasteiger partial charge in [0.05, 0.1) is 13.2 Å². The highest BCUT2D eigenvalue weighted by molar-refractivity contribution is 5.84. The topological polar surface area (TPSA) is 58.6 Å². The van der Waals surface area contributed by atoms with Crippen molar-refractivity contribution in [2.75, 3.05) is 26.8 Å². The molecule has 15 heavy (non-hydrogen) atoms. The Morgan fingerprint density at radius 1 is 1.47 bits per heavy atom. The normalized spacial score (nSPS) is 14.8. The van der Waals surface area contributed by atoms with E-state index in [0.717, 1.165) is 12.8 Å². The second-order valence-corrected chi connectivity index (χ2v) is 3.72. The maximum atomic E-state index is 11.4. The molecule has 0 aromatic carbocycles. The largest absolute Gasteiger partial charge is 0.383 e. The summed E-state index contributed by atoms with van der Waals surface area (Å²) >= 11 is 0. The van der Waals surface area contributed by atoms with Crippen molar-refractivity contribution in [2.24, 2.45) is 0 Å². The maximum absolute atomic E-state index is 11.4. The van der Waals surface area contributed by atoms with Crippen LogP contribution in [0.5, 0.6) is 0 Å². The van der Waals surface area contributed by atoms with Crippen LogP contribution in [0.1, 0.15) is 19.8 Å². The van der Waals surface area contributed by atoms with Gasteiger partial charge in [0.2, 0.25) is 11.8 Å². The van der Waals surface area contributed by atoms with Gasteiger partial charge < -0.3 is 15.0 Å². The Balaban J connectivity index is 2.24. The van der Waals surface area contributed by atoms with E-state index in [1.165, 1.54) is 6.92 Å². The van der Waals surface area contributed by atoms with Crippen molar-refractivity contribution >= 4 is 11.8 Å². The molecule has 0 aromatic rings. The van der Waals surface area contributed by atoms with E-state index in [1.54, 1.807) is 12.0 Å². The molecular weight excluding hydrogens is 196 g/mol. The summed E-state index contributed by atoms with van der Waals surface area (Å²) in [7, 11) is 1.58. The van der Waals surface area contributed by atoms with Gasteiger partial charge in [-0.2, -0.15) is 0 Å². The average molecular weight is 214 g/mol. The van der Waals surface area contributed by atoms with E-state index in [1.807, 2.05) is 0 Å². The first kappa shape index (κ1) is 12.0. The number of amides is 2. The predicted octanol–water partition coefficient (Wildman–Crippen LogP) is -0.240. The zero-order valence-electron chi connectivity index (χ0n) is 9.28. The fourth-order valence-corrected chi connectivity index (χ4v) is 1.39. The number of hydrogen-bond donors (Lipinski definition) is 1. The average Bonchev–Trinajstić information content (AvgIpc) is 2.97. The van der Waals surface area contributed by atoms with Crippen LogP contribution in [-0.2, 0) is 14.3 Å². The summed E-state index contributed by atoms with van der Waals surface area (Å²) < 4.78 is 4.81. The Morgan fingerprint density at radius 3 is 2.60 bits per heavy atom. The highest BCUT2D eigenvalue weighted by Crippen LogP contribution is 2.26. The van der Waals surface area contributed by atoms with Gasteiger partial charge in [0, 0.05) is 26.6 Å². The fraction of sp³-hybridized carbons (Fsp3) is 0.800. The van der Waals surface area contributed by atoms with Crippen LogP contribution < -0.4 is 5.32 Å². The van der Waals surface area contributed by atoms with Gasteiger partial charge in [0.15, 0.2) is 0 Å². The molecule has 5 nitrogen and oxygen atoms in total. The Labute approximate surface area is 89.8 Å². The first-order chi connectivity index (χ1) is 7.15. The second kappa shape index (κ2) is 5.70. The molecule has 5 heteroatoms. The molecule has 2 amide bonds. The van der Waals surface area contributed by atoms with Crippen molar-refractivity contribution in [2.45, 2.75) is 25.8 Å². The molecule has 86 valence electrons. The molecule has 0 unspecified atom stereocenters. The highest BCUT2D eigenvalue weighted by atomic mass is 16.5. The summed E-state index contributed by atoms with van der Waals surface area (Å²) in [6.45, 7) is 2.66. The third-order valence-electron chi connectivity index (χ3n) is 2.33. The smallest absolute Gasteiger partial charge is 0.239 e. The van der Waals surface area contributed by atoms with Crippen LogP contribution in [0, 0.1) is 0 Å². The number of nitrogens with zero attached hydrogens (tertiary/aromatic N) is 1. The van der Waals surface area contributed by atoms with Gasteiger partial charge in [0.1, 0.15) is 0 Å². The molecule has 1 aliphatic rings. The van der Waals surface area contributed by atoms with Crippen molar-refractivity contribution in [3.8, 4) is 0 Å². The Bertz CT molecular complexity index is 239. The highest BCUT2D eigenvalue weighted by Gasteiger charge is 2.31. The van der Waals surface area contributed by atoms with Crippen molar-refractivity contribution < 1.29 is 14.3 Å². The summed E-state index contributed by atoms with van der Waals surface area (Å²) in [5.41, 5.74) is 0. The van der Waals surface area contributed by atoms with E-state index in [4.69, 9.17) is 4.74 Å². The molecule has 1 saturated carbocycles. The van der Waals surface area contributed by atoms with Gasteiger partial charge in [-0.15, -0.1) is 0 Å². The number of methoxy groups -OCH3 is 1. The molecule has 1 N–H and O–H groups in total. The van der Waals surface area contributed by atoms with Crippen molar-refractivity contribution in [3.63, 3.8) is 0 Å². The molecule has 0 saturated heterocycles. The minimum absolute atomic E-state index is 0.0283. The number of rotatable bonds is 6. The van der Waals surface area contributed by atoms with E-state index in [0.29, 0.717) is 13.2 Å². The Morgan fingerprint density at radius 2 is 2.13 bits per heavy atom. The Hall–Kier alpha value is -1.10. The summed E-state index contributed by atoms with van der Waals surface area (Å²) in [5, 5.41) is 2.69. The molecule has 0 radical (unpaired) electrons. The van der Waals surface area contributed by atoms with E-state index >= 15 is 0 Å². The quantitative estimate of drug-likeness (QED) is 0.621. The lowest BCUT2D eigenvalue weighted by Gasteiger charge is -2.19. The number of hydrogen-bond acceptors (Lipinski definition) is 3. The third kappa shape index (κ3) is 4.29. The van der Waals surface area contributed by atoms with Crippen molar-refractivity contribution in [1.29, 1.82) is 0 Å². The van der Waals surface area contributed by atoms with E-state index < -0.39 is 0 Å². The van der Waals surface area contributed by atoms with Crippen LogP contribution >= 0.6 is 0 Å². The molecule has 0 spiro atoms. The van der Waals surface area contributed by atoms with Crippen LogP contribution in [0.4, 0.5) is 0 Å². The fourth-order valence-electron chi connectivity index (χ4n) is 1.39. The number of carbonyl (C=O) groups excluding carboxylic acids is 2. The van der Waals surface area contributed by atoms with E-state index in [2.05, 4.69) is 5.32 Å². The van der Waals surface area contributed by atoms with Gasteiger partial charge >= 0.3 is 0 Å². The number of nitrogens with one attached hydrogen (secondary N) is 1. The summed E-state index contributed by atoms with van der Waals surface area (Å²) in [5.74, 6) is -0.145. The third-order valence-corrected chi connectivity index (χ3v) is 2.33. The lowest BCUT2D eigenvalue weighted by Crippen LogP contribution is -2.41. The molecule has 1 aliphatic carbocycles. The molecule has 0 heterocycles. The zero-order chi connectivity index (χ0) is 11.3. The zero-order valence-corrected chi connectivity index (χ0v) is 9.28. The van der Waals surface area contributed by atoms with Crippen LogP contribution in [0.3, 0.4) is 0 Å². The summed E-state index contributed by atoms with van der Waals surface area (Å²) in [6.07, 6.45) is 2.04. The first-order valence-electron chi connectivity index (χ1n) is 5.18. The SMILES string of the molecule is COCCNC(=O)CN(C(C)=O)C1CC1. The van der Waals surface area contributed by atoms with Gasteiger partial charge in [-0.3, -0.25) is 9.59 Å². The van der Waals surface area contributed by atoms with Gasteiger partial charge in [-0.05, 0) is 12.8 Å². The van der Waals surface area contributed by atoms with Crippen LogP contribution in [0.25, 0.3) is 0 Å². The Kier molecular flexibility index (Phi) is 4.55. The lowest BCUT2D eigenvalue weighted by molar-refractivity contribution is -0.134. The van der Waals surface area contributed by atoms with Crippen molar-refractivity contribution in [1.82, 2.24) is 10.2 Å². The minimum Gasteiger partial charge on any atom is -0.383 e. The summed E-state index contributed by atoms with van der Waals surface area (Å²) in [4.78, 5) is 24.2. The molecule has 1 rings (SSSR count). The molecular formula is C10H18N2O3. The molecule has 0 atom stereocenters. The van der Waals surface area contributed by atoms with Gasteiger partial charge in [0.25, 0.3) is 0 Å². The van der Waals surface area contributed by atoms with Crippen LogP contribution in [0.2, 0.25) is 0 Å². The number of carbonyl (C=O) groups is 2. The maximum Gasteiger partial charge on any atom is 0.239 e. The van der Waals surface area contributed by atoms with Crippen LogP contribution in [-0.4, -0.2) is 49.6 Å². The van der Waals surface area contributed by atoms with E-state index in [-0.39, 0.29) is 24.4 Å². The van der Waals surface area contributed by atoms with Gasteiger partial charge in [-0.25, -0.2) is 0 Å².